The molecule has 0 spiro atoms. The fourth-order valence-corrected chi connectivity index (χ4v) is 4.40. The monoisotopic (exact) mass is 389 g/mol. The lowest BCUT2D eigenvalue weighted by molar-refractivity contribution is -0.138. The first kappa shape index (κ1) is 18.5. The summed E-state index contributed by atoms with van der Waals surface area (Å²) in [7, 11) is 0. The summed E-state index contributed by atoms with van der Waals surface area (Å²) in [5, 5.41) is 7.42. The molecule has 136 valence electrons. The van der Waals surface area contributed by atoms with Crippen LogP contribution in [0.15, 0.2) is 51.3 Å². The van der Waals surface area contributed by atoms with E-state index in [4.69, 9.17) is 4.74 Å². The predicted molar refractivity (Wildman–Crippen MR) is 103 cm³/mol. The Kier molecular flexibility index (Phi) is 5.95. The Morgan fingerprint density at radius 1 is 1.35 bits per heavy atom. The van der Waals surface area contributed by atoms with Gasteiger partial charge in [0.05, 0.1) is 23.9 Å². The highest BCUT2D eigenvalue weighted by molar-refractivity contribution is 8.01. The van der Waals surface area contributed by atoms with Crippen molar-refractivity contribution in [3.05, 3.63) is 47.0 Å². The zero-order chi connectivity index (χ0) is 18.5. The Labute approximate surface area is 160 Å². The maximum atomic E-state index is 12.2. The van der Waals surface area contributed by atoms with Crippen LogP contribution in [0.2, 0.25) is 0 Å². The SMILES string of the molecule is CCOC(=O)C1=C(CSc2nc(-c3ccccc3)cs2)NC(=O)N[C@H]1C. The second-order valence-electron chi connectivity index (χ2n) is 5.59. The molecule has 3 rings (SSSR count). The molecule has 0 saturated carbocycles. The van der Waals surface area contributed by atoms with E-state index in [1.54, 1.807) is 13.8 Å². The zero-order valence-electron chi connectivity index (χ0n) is 14.4. The van der Waals surface area contributed by atoms with Crippen LogP contribution in [0.1, 0.15) is 13.8 Å². The molecule has 1 aliphatic rings. The van der Waals surface area contributed by atoms with Crippen molar-refractivity contribution in [3.63, 3.8) is 0 Å². The number of urea groups is 1. The Morgan fingerprint density at radius 3 is 2.85 bits per heavy atom. The third kappa shape index (κ3) is 4.25. The van der Waals surface area contributed by atoms with E-state index in [9.17, 15) is 9.59 Å². The number of ether oxygens (including phenoxy) is 1. The minimum Gasteiger partial charge on any atom is -0.463 e. The summed E-state index contributed by atoms with van der Waals surface area (Å²) in [4.78, 5) is 28.6. The number of carbonyl (C=O) groups excluding carboxylic acids is 2. The molecule has 2 aromatic rings. The highest BCUT2D eigenvalue weighted by Gasteiger charge is 2.29. The van der Waals surface area contributed by atoms with E-state index in [1.165, 1.54) is 23.1 Å². The molecule has 0 saturated heterocycles. The highest BCUT2D eigenvalue weighted by Crippen LogP contribution is 2.30. The largest absolute Gasteiger partial charge is 0.463 e. The normalized spacial score (nSPS) is 16.8. The van der Waals surface area contributed by atoms with Gasteiger partial charge in [0.25, 0.3) is 0 Å². The van der Waals surface area contributed by atoms with E-state index in [-0.39, 0.29) is 12.6 Å². The van der Waals surface area contributed by atoms with Gasteiger partial charge in [-0.15, -0.1) is 11.3 Å². The average molecular weight is 390 g/mol. The van der Waals surface area contributed by atoms with E-state index < -0.39 is 12.0 Å². The van der Waals surface area contributed by atoms with Gasteiger partial charge < -0.3 is 15.4 Å². The summed E-state index contributed by atoms with van der Waals surface area (Å²) in [6.07, 6.45) is 0. The number of carbonyl (C=O) groups is 2. The van der Waals surface area contributed by atoms with Gasteiger partial charge in [0.1, 0.15) is 0 Å². The maximum absolute atomic E-state index is 12.2. The number of benzene rings is 1. The predicted octanol–water partition coefficient (Wildman–Crippen LogP) is 3.42. The number of nitrogens with one attached hydrogen (secondary N) is 2. The molecular formula is C18H19N3O3S2. The number of aromatic nitrogens is 1. The van der Waals surface area contributed by atoms with Crippen molar-refractivity contribution in [2.75, 3.05) is 12.4 Å². The minimum atomic E-state index is -0.410. The van der Waals surface area contributed by atoms with Crippen LogP contribution in [0.4, 0.5) is 4.79 Å². The molecule has 2 heterocycles. The Morgan fingerprint density at radius 2 is 2.12 bits per heavy atom. The molecule has 1 aliphatic heterocycles. The maximum Gasteiger partial charge on any atom is 0.337 e. The van der Waals surface area contributed by atoms with E-state index in [0.29, 0.717) is 17.0 Å². The minimum absolute atomic E-state index is 0.288. The summed E-state index contributed by atoms with van der Waals surface area (Å²) in [5.41, 5.74) is 3.01. The van der Waals surface area contributed by atoms with Gasteiger partial charge in [0.15, 0.2) is 4.34 Å². The first-order chi connectivity index (χ1) is 12.6. The van der Waals surface area contributed by atoms with Crippen LogP contribution in [0.25, 0.3) is 11.3 Å². The number of hydrogen-bond acceptors (Lipinski definition) is 6. The van der Waals surface area contributed by atoms with Crippen molar-refractivity contribution in [1.82, 2.24) is 15.6 Å². The van der Waals surface area contributed by atoms with Gasteiger partial charge in [0, 0.05) is 22.4 Å². The number of hydrogen-bond donors (Lipinski definition) is 2. The first-order valence-electron chi connectivity index (χ1n) is 8.20. The highest BCUT2D eigenvalue weighted by atomic mass is 32.2. The molecule has 1 atom stereocenters. The van der Waals surface area contributed by atoms with Crippen LogP contribution < -0.4 is 10.6 Å². The third-order valence-electron chi connectivity index (χ3n) is 3.76. The lowest BCUT2D eigenvalue weighted by atomic mass is 10.1. The standard InChI is InChI=1S/C18H19N3O3S2/c1-3-24-16(22)15-11(2)19-17(23)20-14(15)10-26-18-21-13(9-25-18)12-7-5-4-6-8-12/h4-9,11H,3,10H2,1-2H3,(H2,19,20,23)/t11-/m0/s1. The third-order valence-corrected chi connectivity index (χ3v) is 5.81. The number of esters is 1. The zero-order valence-corrected chi connectivity index (χ0v) is 16.1. The Bertz CT molecular complexity index is 833. The molecule has 0 bridgehead atoms. The van der Waals surface area contributed by atoms with Crippen molar-refractivity contribution < 1.29 is 14.3 Å². The molecule has 0 radical (unpaired) electrons. The topological polar surface area (TPSA) is 80.3 Å². The summed E-state index contributed by atoms with van der Waals surface area (Å²) in [6.45, 7) is 3.82. The smallest absolute Gasteiger partial charge is 0.337 e. The molecule has 26 heavy (non-hydrogen) atoms. The summed E-state index contributed by atoms with van der Waals surface area (Å²) < 4.78 is 6.00. The second-order valence-corrected chi connectivity index (χ2v) is 7.67. The number of amides is 2. The van der Waals surface area contributed by atoms with Gasteiger partial charge in [-0.25, -0.2) is 14.6 Å². The van der Waals surface area contributed by atoms with Gasteiger partial charge in [-0.2, -0.15) is 0 Å². The van der Waals surface area contributed by atoms with Crippen LogP contribution in [0.5, 0.6) is 0 Å². The van der Waals surface area contributed by atoms with Crippen LogP contribution >= 0.6 is 23.1 Å². The van der Waals surface area contributed by atoms with Crippen molar-refractivity contribution >= 4 is 35.1 Å². The van der Waals surface area contributed by atoms with Gasteiger partial charge >= 0.3 is 12.0 Å². The average Bonchev–Trinajstić information content (AvgIpc) is 3.09. The molecule has 2 N–H and O–H groups in total. The van der Waals surface area contributed by atoms with Crippen LogP contribution in [-0.2, 0) is 9.53 Å². The molecule has 0 unspecified atom stereocenters. The number of thiazole rings is 1. The van der Waals surface area contributed by atoms with Crippen LogP contribution in [0.3, 0.4) is 0 Å². The summed E-state index contributed by atoms with van der Waals surface area (Å²) >= 11 is 3.02. The van der Waals surface area contributed by atoms with Crippen molar-refractivity contribution in [2.24, 2.45) is 0 Å². The molecule has 0 fully saturated rings. The van der Waals surface area contributed by atoms with Gasteiger partial charge in [-0.3, -0.25) is 0 Å². The van der Waals surface area contributed by atoms with E-state index in [1.807, 2.05) is 35.7 Å². The Hall–Kier alpha value is -2.32. The lowest BCUT2D eigenvalue weighted by Gasteiger charge is -2.26. The number of rotatable bonds is 6. The Balaban J connectivity index is 1.76. The lowest BCUT2D eigenvalue weighted by Crippen LogP contribution is -2.49. The number of thioether (sulfide) groups is 1. The van der Waals surface area contributed by atoms with Crippen LogP contribution in [0, 0.1) is 0 Å². The fraction of sp³-hybridized carbons (Fsp3) is 0.278. The van der Waals surface area contributed by atoms with Crippen molar-refractivity contribution in [3.8, 4) is 11.3 Å². The van der Waals surface area contributed by atoms with Crippen molar-refractivity contribution in [1.29, 1.82) is 0 Å². The quantitative estimate of drug-likeness (QED) is 0.584. The van der Waals surface area contributed by atoms with E-state index >= 15 is 0 Å². The summed E-state index contributed by atoms with van der Waals surface area (Å²) in [6, 6.07) is 9.24. The molecule has 0 aliphatic carbocycles. The molecule has 6 nitrogen and oxygen atoms in total. The van der Waals surface area contributed by atoms with Gasteiger partial charge in [0.2, 0.25) is 0 Å². The summed E-state index contributed by atoms with van der Waals surface area (Å²) in [5.74, 6) is 0.0282. The number of nitrogens with zero attached hydrogens (tertiary/aromatic N) is 1. The van der Waals surface area contributed by atoms with Gasteiger partial charge in [-0.05, 0) is 13.8 Å². The fourth-order valence-electron chi connectivity index (χ4n) is 2.59. The molecule has 8 heteroatoms. The molecular weight excluding hydrogens is 370 g/mol. The van der Waals surface area contributed by atoms with Crippen LogP contribution in [-0.4, -0.2) is 35.4 Å². The molecule has 2 amide bonds. The van der Waals surface area contributed by atoms with Crippen molar-refractivity contribution in [2.45, 2.75) is 24.2 Å². The van der Waals surface area contributed by atoms with Gasteiger partial charge in [-0.1, -0.05) is 42.1 Å². The second kappa shape index (κ2) is 8.37. The van der Waals surface area contributed by atoms with E-state index in [2.05, 4.69) is 15.6 Å². The first-order valence-corrected chi connectivity index (χ1v) is 10.1. The molecule has 1 aromatic heterocycles. The molecule has 1 aromatic carbocycles. The van der Waals surface area contributed by atoms with E-state index in [0.717, 1.165) is 15.6 Å².